The Bertz CT molecular complexity index is 177. The topological polar surface area (TPSA) is 46.2 Å². The zero-order chi connectivity index (χ0) is 13.1. The third-order valence-electron chi connectivity index (χ3n) is 1.47. The Morgan fingerprint density at radius 3 is 1.61 bits per heavy atom. The van der Waals surface area contributed by atoms with E-state index in [2.05, 4.69) is 3.79 Å². The molecule has 1 radical (unpaired) electrons. The van der Waals surface area contributed by atoms with Gasteiger partial charge in [-0.15, -0.1) is 0 Å². The van der Waals surface area contributed by atoms with Gasteiger partial charge in [0, 0.05) is 57.0 Å². The van der Waals surface area contributed by atoms with Crippen molar-refractivity contribution in [3.8, 4) is 0 Å². The van der Waals surface area contributed by atoms with Gasteiger partial charge in [-0.05, 0) is 0 Å². The third kappa shape index (κ3) is 15.2. The molecule has 0 unspecified atom stereocenters. The Morgan fingerprint density at radius 2 is 1.28 bits per heavy atom. The van der Waals surface area contributed by atoms with Crippen LogP contribution in [0.5, 0.6) is 0 Å². The van der Waals surface area contributed by atoms with Crippen LogP contribution in [0.2, 0.25) is 0 Å². The second kappa shape index (κ2) is 13.1. The van der Waals surface area contributed by atoms with Crippen molar-refractivity contribution in [2.24, 2.45) is 0 Å². The Labute approximate surface area is 132 Å². The zero-order valence-electron chi connectivity index (χ0n) is 10.8. The number of halogens is 3. The van der Waals surface area contributed by atoms with Crippen LogP contribution in [0.1, 0.15) is 0 Å². The summed E-state index contributed by atoms with van der Waals surface area (Å²) >= 11 is -2.78. The molecule has 0 aromatic carbocycles. The summed E-state index contributed by atoms with van der Waals surface area (Å²) in [4.78, 5) is 0. The second-order valence-corrected chi connectivity index (χ2v) is 4.52. The van der Waals surface area contributed by atoms with Crippen molar-refractivity contribution < 1.29 is 34.0 Å². The van der Waals surface area contributed by atoms with Gasteiger partial charge in [0.05, 0.1) is 13.2 Å². The number of alkyl halides is 3. The largest absolute Gasteiger partial charge is 0.905 e. The summed E-state index contributed by atoms with van der Waals surface area (Å²) in [5.41, 5.74) is 0. The molecule has 0 bridgehead atoms. The fourth-order valence-electron chi connectivity index (χ4n) is 0.762. The summed E-state index contributed by atoms with van der Waals surface area (Å²) in [6.45, 7) is -0.556. The predicted octanol–water partition coefficient (Wildman–Crippen LogP) is 0.495. The number of hydrogen-bond donors (Lipinski definition) is 0. The minimum absolute atomic E-state index is 0. The van der Waals surface area contributed by atoms with Gasteiger partial charge in [-0.3, -0.25) is 0 Å². The van der Waals surface area contributed by atoms with Crippen LogP contribution in [0.4, 0.5) is 13.2 Å². The standard InChI is InChI=1S/2C3H7O2.C2H2F3O.Al.Na/c2*1-5-3-2-4;3-2(4,5)1-6;;/h2*2-3H2,1H3;1H2;;/q3*-1;+3;. The van der Waals surface area contributed by atoms with Gasteiger partial charge in [-0.2, -0.15) is 13.2 Å². The van der Waals surface area contributed by atoms with Gasteiger partial charge in [0.2, 0.25) is 0 Å². The van der Waals surface area contributed by atoms with Crippen molar-refractivity contribution in [2.45, 2.75) is 6.18 Å². The van der Waals surface area contributed by atoms with Crippen molar-refractivity contribution in [3.63, 3.8) is 0 Å². The van der Waals surface area contributed by atoms with Gasteiger partial charge in [-0.25, -0.2) is 0 Å². The third-order valence-corrected chi connectivity index (χ3v) is 2.92. The molecule has 0 atom stereocenters. The van der Waals surface area contributed by atoms with Crippen molar-refractivity contribution in [3.05, 3.63) is 0 Å². The molecule has 103 valence electrons. The zero-order valence-corrected chi connectivity index (χ0v) is 13.9. The number of methoxy groups -OCH3 is 2. The van der Waals surface area contributed by atoms with Crippen LogP contribution < -0.4 is 0 Å². The molecular weight excluding hydrogens is 283 g/mol. The van der Waals surface area contributed by atoms with Crippen LogP contribution in [0.15, 0.2) is 0 Å². The molecule has 18 heavy (non-hydrogen) atoms. The van der Waals surface area contributed by atoms with E-state index in [-0.39, 0.29) is 56.0 Å². The van der Waals surface area contributed by atoms with Crippen molar-refractivity contribution in [1.29, 1.82) is 0 Å². The van der Waals surface area contributed by atoms with E-state index in [4.69, 9.17) is 17.1 Å². The van der Waals surface area contributed by atoms with E-state index in [0.717, 1.165) is 0 Å². The summed E-state index contributed by atoms with van der Waals surface area (Å²) in [6.07, 6.45) is -4.39. The second-order valence-electron chi connectivity index (χ2n) is 2.94. The van der Waals surface area contributed by atoms with E-state index < -0.39 is 27.9 Å². The van der Waals surface area contributed by atoms with E-state index in [1.807, 2.05) is 0 Å². The van der Waals surface area contributed by atoms with Crippen molar-refractivity contribution in [1.82, 2.24) is 0 Å². The van der Waals surface area contributed by atoms with Crippen LogP contribution in [-0.2, 0) is 20.8 Å². The van der Waals surface area contributed by atoms with E-state index in [1.54, 1.807) is 0 Å². The van der Waals surface area contributed by atoms with Gasteiger partial charge in [0.1, 0.15) is 6.61 Å². The summed E-state index contributed by atoms with van der Waals surface area (Å²) < 4.78 is 59.8. The van der Waals surface area contributed by atoms with Gasteiger partial charge >= 0.3 is 21.3 Å². The van der Waals surface area contributed by atoms with E-state index >= 15 is 0 Å². The van der Waals surface area contributed by atoms with Crippen LogP contribution >= 0.6 is 0 Å². The molecule has 0 amide bonds. The molecule has 0 aliphatic rings. The average molecular weight is 299 g/mol. The molecule has 0 rings (SSSR count). The molecule has 0 aliphatic heterocycles. The first-order valence-electron chi connectivity index (χ1n) is 4.89. The maximum atomic E-state index is 11.9. The molecule has 0 fully saturated rings. The minimum atomic E-state index is -4.39. The number of hydrogen-bond acceptors (Lipinski definition) is 5. The van der Waals surface area contributed by atoms with E-state index in [1.165, 1.54) is 14.2 Å². The number of rotatable bonds is 10. The van der Waals surface area contributed by atoms with Crippen LogP contribution in [0, 0.1) is 0 Å². The molecule has 0 heterocycles. The summed E-state index contributed by atoms with van der Waals surface area (Å²) in [7, 11) is 2.92. The smallest absolute Gasteiger partial charge is 0.452 e. The van der Waals surface area contributed by atoms with Gasteiger partial charge in [0.25, 0.3) is 0 Å². The monoisotopic (exact) mass is 299 g/mol. The van der Waals surface area contributed by atoms with Crippen molar-refractivity contribution >= 4 is 44.7 Å². The summed E-state index contributed by atoms with van der Waals surface area (Å²) in [6, 6.07) is 0. The molecule has 0 N–H and O–H groups in total. The molecule has 0 saturated heterocycles. The Morgan fingerprint density at radius 1 is 0.833 bits per heavy atom. The van der Waals surface area contributed by atoms with Crippen LogP contribution in [0.25, 0.3) is 0 Å². The van der Waals surface area contributed by atoms with Crippen LogP contribution in [0.3, 0.4) is 0 Å². The van der Waals surface area contributed by atoms with E-state index in [9.17, 15) is 13.2 Å². The summed E-state index contributed by atoms with van der Waals surface area (Å²) in [5.74, 6) is 0. The molecule has 0 aromatic rings. The molecule has 10 heteroatoms. The Kier molecular flexibility index (Phi) is 15.6. The number of ether oxygens (including phenoxy) is 2. The van der Waals surface area contributed by atoms with Gasteiger partial charge in [-0.1, -0.05) is 0 Å². The quantitative estimate of drug-likeness (QED) is 0.434. The van der Waals surface area contributed by atoms with E-state index in [0.29, 0.717) is 0 Å². The van der Waals surface area contributed by atoms with Gasteiger partial charge < -0.3 is 20.8 Å². The first-order chi connectivity index (χ1) is 7.99. The maximum Gasteiger partial charge on any atom is 0.905 e. The first-order valence-corrected chi connectivity index (χ1v) is 6.30. The Hall–Kier alpha value is 1.12. The normalized spacial score (nSPS) is 11.2. The predicted molar refractivity (Wildman–Crippen MR) is 59.2 cm³/mol. The fraction of sp³-hybridized carbons (Fsp3) is 1.00. The maximum absolute atomic E-state index is 11.9. The molecule has 0 spiro atoms. The molecule has 0 saturated carbocycles. The van der Waals surface area contributed by atoms with Crippen LogP contribution in [-0.4, -0.2) is 98.1 Å². The molecule has 0 aromatic heterocycles. The van der Waals surface area contributed by atoms with Crippen molar-refractivity contribution in [2.75, 3.05) is 47.3 Å². The minimum Gasteiger partial charge on any atom is -0.452 e. The molecular formula is C8H16AlF3NaO5. The molecule has 0 aliphatic carbocycles. The fourth-order valence-corrected chi connectivity index (χ4v) is 1.95. The average Bonchev–Trinajstić information content (AvgIpc) is 2.24. The molecule has 5 nitrogen and oxygen atoms in total. The summed E-state index contributed by atoms with van der Waals surface area (Å²) in [5, 5.41) is 0. The first kappa shape index (κ1) is 21.4. The Balaban J connectivity index is 0. The van der Waals surface area contributed by atoms with Gasteiger partial charge in [0.15, 0.2) is 0 Å². The SMILES string of the molecule is COCC[O][Al]([O]CCOC)[O]CC(F)(F)F.[Na].